The molecule has 0 aromatic rings. The quantitative estimate of drug-likeness (QED) is 0.348. The Hall–Kier alpha value is -0.0526. The van der Waals surface area contributed by atoms with Gasteiger partial charge in [0.25, 0.3) is 5.97 Å². The minimum atomic E-state index is -2.92. The van der Waals surface area contributed by atoms with Crippen LogP contribution in [0.4, 0.5) is 0 Å². The summed E-state index contributed by atoms with van der Waals surface area (Å²) in [5, 5.41) is 32.7. The fourth-order valence-corrected chi connectivity index (χ4v) is 0. The second-order valence-electron chi connectivity index (χ2n) is 0.808. The van der Waals surface area contributed by atoms with Crippen molar-refractivity contribution in [2.24, 2.45) is 0 Å². The van der Waals surface area contributed by atoms with Gasteiger partial charge in [-0.3, -0.25) is 12.1 Å². The molecule has 0 unspecified atom stereocenters. The summed E-state index contributed by atoms with van der Waals surface area (Å²) in [6.45, 7) is 1.08. The molecule has 0 aliphatic heterocycles. The molecule has 0 bridgehead atoms. The standard InChI is InChI=1S/C2H4O2.Al.BO3/c1-2(3)4;;2-1(3)4/h1H3,(H,3,4);;/q;+3;-3. The molecule has 0 radical (unpaired) electrons. The van der Waals surface area contributed by atoms with Crippen molar-refractivity contribution in [2.75, 3.05) is 0 Å². The average Bonchev–Trinajstić information content (AvgIpc) is 1.25. The fraction of sp³-hybridized carbons (Fsp3) is 0.500. The van der Waals surface area contributed by atoms with E-state index in [-0.39, 0.29) is 17.4 Å². The summed E-state index contributed by atoms with van der Waals surface area (Å²) in [5.74, 6) is -0.833. The summed E-state index contributed by atoms with van der Waals surface area (Å²) in [4.78, 5) is 9.00. The first kappa shape index (κ1) is 16.0. The van der Waals surface area contributed by atoms with Crippen molar-refractivity contribution in [1.29, 1.82) is 0 Å². The topological polar surface area (TPSA) is 106 Å². The summed E-state index contributed by atoms with van der Waals surface area (Å²) in [7, 11) is -2.92. The maximum absolute atomic E-state index is 9.00. The monoisotopic (exact) mass is 146 g/mol. The Balaban J connectivity index is -0.0000000720. The van der Waals surface area contributed by atoms with Gasteiger partial charge in [0.05, 0.1) is 0 Å². The molecule has 0 saturated carbocycles. The third-order valence-electron chi connectivity index (χ3n) is 0. The van der Waals surface area contributed by atoms with Crippen LogP contribution in [0.5, 0.6) is 0 Å². The van der Waals surface area contributed by atoms with Gasteiger partial charge in [0.1, 0.15) is 0 Å². The van der Waals surface area contributed by atoms with Gasteiger partial charge in [0.15, 0.2) is 0 Å². The van der Waals surface area contributed by atoms with E-state index in [1.807, 2.05) is 0 Å². The van der Waals surface area contributed by atoms with Crippen molar-refractivity contribution in [3.05, 3.63) is 0 Å². The van der Waals surface area contributed by atoms with Crippen LogP contribution in [0, 0.1) is 0 Å². The van der Waals surface area contributed by atoms with Crippen molar-refractivity contribution in [1.82, 2.24) is 0 Å². The zero-order valence-corrected chi connectivity index (χ0v) is 5.89. The molecule has 0 atom stereocenters. The summed E-state index contributed by atoms with van der Waals surface area (Å²) < 4.78 is 0. The van der Waals surface area contributed by atoms with Crippen LogP contribution in [0.25, 0.3) is 0 Å². The van der Waals surface area contributed by atoms with Gasteiger partial charge in [-0.1, -0.05) is 0 Å². The summed E-state index contributed by atoms with van der Waals surface area (Å²) in [6.07, 6.45) is 0. The van der Waals surface area contributed by atoms with Crippen LogP contribution in [-0.4, -0.2) is 35.8 Å². The van der Waals surface area contributed by atoms with E-state index >= 15 is 0 Å². The van der Waals surface area contributed by atoms with Gasteiger partial charge in [-0.05, 0) is 0 Å². The molecular weight excluding hydrogens is 142 g/mol. The second kappa shape index (κ2) is 10.8. The van der Waals surface area contributed by atoms with Crippen LogP contribution in [0.2, 0.25) is 0 Å². The van der Waals surface area contributed by atoms with E-state index in [0.29, 0.717) is 0 Å². The van der Waals surface area contributed by atoms with Gasteiger partial charge in [0.2, 0.25) is 0 Å². The van der Waals surface area contributed by atoms with Crippen molar-refractivity contribution in [3.8, 4) is 0 Å². The first-order chi connectivity index (χ1) is 3.46. The first-order valence-corrected chi connectivity index (χ1v) is 1.63. The Morgan fingerprint density at radius 3 is 1.44 bits per heavy atom. The van der Waals surface area contributed by atoms with Crippen LogP contribution < -0.4 is 15.1 Å². The van der Waals surface area contributed by atoms with E-state index in [2.05, 4.69) is 0 Å². The molecule has 1 N–H and O–H groups in total. The van der Waals surface area contributed by atoms with E-state index in [0.717, 1.165) is 6.92 Å². The van der Waals surface area contributed by atoms with Crippen molar-refractivity contribution < 1.29 is 25.0 Å². The SMILES string of the molecule is CC(=O)O.[Al+3].[O-]B([O-])[O-]. The maximum atomic E-state index is 9.00. The molecule has 0 aliphatic carbocycles. The Labute approximate surface area is 63.2 Å². The van der Waals surface area contributed by atoms with Gasteiger partial charge >= 0.3 is 17.4 Å². The summed E-state index contributed by atoms with van der Waals surface area (Å²) >= 11 is 0. The van der Waals surface area contributed by atoms with Gasteiger partial charge in [-0.2, -0.15) is 0 Å². The number of carboxylic acid groups (broad SMARTS) is 1. The van der Waals surface area contributed by atoms with Crippen LogP contribution in [0.3, 0.4) is 0 Å². The third kappa shape index (κ3) is 102000. The Bertz CT molecular complexity index is 59.2. The second-order valence-corrected chi connectivity index (χ2v) is 0.808. The van der Waals surface area contributed by atoms with Crippen LogP contribution in [0.1, 0.15) is 6.92 Å². The van der Waals surface area contributed by atoms with Gasteiger partial charge < -0.3 is 20.2 Å². The molecule has 0 aromatic carbocycles. The number of hydrogen-bond donors (Lipinski definition) is 1. The van der Waals surface area contributed by atoms with E-state index < -0.39 is 13.3 Å². The zero-order valence-electron chi connectivity index (χ0n) is 4.73. The van der Waals surface area contributed by atoms with E-state index in [1.165, 1.54) is 0 Å². The minimum Gasteiger partial charge on any atom is -0.907 e. The molecule has 0 aliphatic rings. The molecule has 0 rings (SSSR count). The molecule has 5 nitrogen and oxygen atoms in total. The molecule has 0 spiro atoms. The molecule has 0 saturated heterocycles. The third-order valence-corrected chi connectivity index (χ3v) is 0. The van der Waals surface area contributed by atoms with Gasteiger partial charge in [0, 0.05) is 6.92 Å². The van der Waals surface area contributed by atoms with Crippen LogP contribution in [-0.2, 0) is 4.79 Å². The predicted molar refractivity (Wildman–Crippen MR) is 24.8 cm³/mol. The smallest absolute Gasteiger partial charge is 0.907 e. The fourth-order valence-electron chi connectivity index (χ4n) is 0. The van der Waals surface area contributed by atoms with Crippen molar-refractivity contribution in [3.63, 3.8) is 0 Å². The van der Waals surface area contributed by atoms with E-state index in [1.54, 1.807) is 0 Å². The maximum Gasteiger partial charge on any atom is 3.00 e. The number of rotatable bonds is 0. The number of carbonyl (C=O) groups is 1. The van der Waals surface area contributed by atoms with Gasteiger partial charge in [-0.15, -0.1) is 0 Å². The predicted octanol–water partition coefficient (Wildman–Crippen LogP) is -4.24. The molecule has 9 heavy (non-hydrogen) atoms. The number of carboxylic acids is 1. The minimum absolute atomic E-state index is 0. The molecule has 0 amide bonds. The van der Waals surface area contributed by atoms with Crippen LogP contribution in [0.15, 0.2) is 0 Å². The van der Waals surface area contributed by atoms with E-state index in [9.17, 15) is 0 Å². The first-order valence-electron chi connectivity index (χ1n) is 1.63. The molecular formula is C2H4AlBO5. The summed E-state index contributed by atoms with van der Waals surface area (Å²) in [5.41, 5.74) is 0. The number of hydrogen-bond acceptors (Lipinski definition) is 4. The molecule has 48 valence electrons. The number of aliphatic carboxylic acids is 1. The Morgan fingerprint density at radius 1 is 1.44 bits per heavy atom. The van der Waals surface area contributed by atoms with Crippen LogP contribution >= 0.6 is 0 Å². The average molecular weight is 146 g/mol. The summed E-state index contributed by atoms with van der Waals surface area (Å²) in [6, 6.07) is 0. The molecule has 0 aromatic heterocycles. The largest absolute Gasteiger partial charge is 3.00 e. The van der Waals surface area contributed by atoms with Gasteiger partial charge in [-0.25, -0.2) is 0 Å². The molecule has 0 heterocycles. The zero-order chi connectivity index (χ0) is 7.15. The molecule has 7 heteroatoms. The Morgan fingerprint density at radius 2 is 1.44 bits per heavy atom. The van der Waals surface area contributed by atoms with E-state index in [4.69, 9.17) is 25.0 Å². The van der Waals surface area contributed by atoms with Crippen molar-refractivity contribution in [2.45, 2.75) is 6.92 Å². The molecule has 0 fully saturated rings. The normalized spacial score (nSPS) is 5.78. The Kier molecular flexibility index (Phi) is 19.3. The van der Waals surface area contributed by atoms with Crippen molar-refractivity contribution >= 4 is 30.7 Å².